The van der Waals surface area contributed by atoms with Gasteiger partial charge in [0.25, 0.3) is 0 Å². The molecule has 0 aromatic carbocycles. The van der Waals surface area contributed by atoms with Crippen molar-refractivity contribution in [2.45, 2.75) is 19.5 Å². The first-order chi connectivity index (χ1) is 7.84. The SMILES string of the molecule is O=C(CCn1cccn1)NCc1cccs1. The maximum absolute atomic E-state index is 11.5. The van der Waals surface area contributed by atoms with E-state index < -0.39 is 0 Å². The van der Waals surface area contributed by atoms with Gasteiger partial charge in [-0.15, -0.1) is 11.3 Å². The van der Waals surface area contributed by atoms with Crippen LogP contribution in [0.4, 0.5) is 0 Å². The molecule has 0 spiro atoms. The van der Waals surface area contributed by atoms with Gasteiger partial charge in [0.15, 0.2) is 0 Å². The molecule has 0 aliphatic carbocycles. The fourth-order valence-electron chi connectivity index (χ4n) is 1.34. The van der Waals surface area contributed by atoms with Crippen LogP contribution >= 0.6 is 11.3 Å². The van der Waals surface area contributed by atoms with Crippen molar-refractivity contribution in [2.24, 2.45) is 0 Å². The minimum absolute atomic E-state index is 0.0592. The first-order valence-corrected chi connectivity index (χ1v) is 5.99. The average molecular weight is 235 g/mol. The Hall–Kier alpha value is -1.62. The van der Waals surface area contributed by atoms with Gasteiger partial charge in [0, 0.05) is 30.2 Å². The lowest BCUT2D eigenvalue weighted by molar-refractivity contribution is -0.121. The Labute approximate surface area is 97.9 Å². The van der Waals surface area contributed by atoms with E-state index in [1.54, 1.807) is 22.2 Å². The van der Waals surface area contributed by atoms with Crippen LogP contribution in [0.3, 0.4) is 0 Å². The highest BCUT2D eigenvalue weighted by molar-refractivity contribution is 7.09. The molecule has 5 heteroatoms. The van der Waals surface area contributed by atoms with Crippen LogP contribution in [0.25, 0.3) is 0 Å². The number of rotatable bonds is 5. The summed E-state index contributed by atoms with van der Waals surface area (Å²) in [6.07, 6.45) is 4.03. The zero-order valence-corrected chi connectivity index (χ0v) is 9.61. The zero-order valence-electron chi connectivity index (χ0n) is 8.80. The molecule has 0 saturated heterocycles. The van der Waals surface area contributed by atoms with Crippen LogP contribution in [0.5, 0.6) is 0 Å². The highest BCUT2D eigenvalue weighted by Gasteiger charge is 2.02. The minimum Gasteiger partial charge on any atom is -0.351 e. The summed E-state index contributed by atoms with van der Waals surface area (Å²) < 4.78 is 1.75. The topological polar surface area (TPSA) is 46.9 Å². The lowest BCUT2D eigenvalue weighted by Gasteiger charge is -2.03. The second-order valence-corrected chi connectivity index (χ2v) is 4.41. The summed E-state index contributed by atoms with van der Waals surface area (Å²) in [5.41, 5.74) is 0. The van der Waals surface area contributed by atoms with E-state index in [0.717, 1.165) is 0 Å². The largest absolute Gasteiger partial charge is 0.351 e. The Balaban J connectivity index is 1.69. The highest BCUT2D eigenvalue weighted by Crippen LogP contribution is 2.07. The van der Waals surface area contributed by atoms with E-state index in [0.29, 0.717) is 19.5 Å². The Kier molecular flexibility index (Phi) is 3.71. The lowest BCUT2D eigenvalue weighted by Crippen LogP contribution is -2.23. The van der Waals surface area contributed by atoms with Crippen LogP contribution in [-0.2, 0) is 17.9 Å². The molecule has 2 heterocycles. The predicted octanol–water partition coefficient (Wildman–Crippen LogP) is 1.65. The van der Waals surface area contributed by atoms with E-state index in [2.05, 4.69) is 10.4 Å². The summed E-state index contributed by atoms with van der Waals surface area (Å²) in [6, 6.07) is 5.85. The summed E-state index contributed by atoms with van der Waals surface area (Å²) >= 11 is 1.65. The number of amides is 1. The molecule has 16 heavy (non-hydrogen) atoms. The van der Waals surface area contributed by atoms with Gasteiger partial charge in [-0.1, -0.05) is 6.07 Å². The van der Waals surface area contributed by atoms with Gasteiger partial charge >= 0.3 is 0 Å². The van der Waals surface area contributed by atoms with Gasteiger partial charge in [0.05, 0.1) is 6.54 Å². The molecule has 0 saturated carbocycles. The molecule has 2 rings (SSSR count). The minimum atomic E-state index is 0.0592. The van der Waals surface area contributed by atoms with Crippen molar-refractivity contribution in [1.29, 1.82) is 0 Å². The van der Waals surface area contributed by atoms with Crippen LogP contribution in [0.2, 0.25) is 0 Å². The molecule has 0 atom stereocenters. The number of hydrogen-bond donors (Lipinski definition) is 1. The molecule has 0 radical (unpaired) electrons. The second-order valence-electron chi connectivity index (χ2n) is 3.38. The Bertz CT molecular complexity index is 382. The third kappa shape index (κ3) is 3.20. The van der Waals surface area contributed by atoms with Crippen molar-refractivity contribution in [3.8, 4) is 0 Å². The van der Waals surface area contributed by atoms with Gasteiger partial charge in [-0.05, 0) is 17.5 Å². The lowest BCUT2D eigenvalue weighted by atomic mass is 10.4. The van der Waals surface area contributed by atoms with Gasteiger partial charge < -0.3 is 5.32 Å². The number of hydrogen-bond acceptors (Lipinski definition) is 3. The Morgan fingerprint density at radius 2 is 2.44 bits per heavy atom. The number of aryl methyl sites for hydroxylation is 1. The third-order valence-electron chi connectivity index (χ3n) is 2.17. The first kappa shape index (κ1) is 10.9. The highest BCUT2D eigenvalue weighted by atomic mass is 32.1. The zero-order chi connectivity index (χ0) is 11.2. The number of thiophene rings is 1. The predicted molar refractivity (Wildman–Crippen MR) is 63.0 cm³/mol. The Morgan fingerprint density at radius 1 is 1.50 bits per heavy atom. The molecule has 84 valence electrons. The van der Waals surface area contributed by atoms with Crippen LogP contribution in [0, 0.1) is 0 Å². The van der Waals surface area contributed by atoms with E-state index in [1.807, 2.05) is 29.8 Å². The summed E-state index contributed by atoms with van der Waals surface area (Å²) in [6.45, 7) is 1.25. The van der Waals surface area contributed by atoms with Crippen molar-refractivity contribution in [1.82, 2.24) is 15.1 Å². The number of nitrogens with zero attached hydrogens (tertiary/aromatic N) is 2. The van der Waals surface area contributed by atoms with E-state index in [9.17, 15) is 4.79 Å². The van der Waals surface area contributed by atoms with Crippen LogP contribution in [-0.4, -0.2) is 15.7 Å². The average Bonchev–Trinajstić information content (AvgIpc) is 2.96. The number of carbonyl (C=O) groups is 1. The summed E-state index contributed by atoms with van der Waals surface area (Å²) in [5.74, 6) is 0.0592. The summed E-state index contributed by atoms with van der Waals surface area (Å²) in [7, 11) is 0. The normalized spacial score (nSPS) is 10.2. The number of aromatic nitrogens is 2. The van der Waals surface area contributed by atoms with Crippen LogP contribution in [0.15, 0.2) is 36.0 Å². The third-order valence-corrected chi connectivity index (χ3v) is 3.04. The molecule has 0 aliphatic rings. The monoisotopic (exact) mass is 235 g/mol. The van der Waals surface area contributed by atoms with Gasteiger partial charge in [0.1, 0.15) is 0 Å². The van der Waals surface area contributed by atoms with Gasteiger partial charge in [0.2, 0.25) is 5.91 Å². The fourth-order valence-corrected chi connectivity index (χ4v) is 1.98. The fraction of sp³-hybridized carbons (Fsp3) is 0.273. The molecule has 2 aromatic heterocycles. The van der Waals surface area contributed by atoms with Crippen molar-refractivity contribution in [2.75, 3.05) is 0 Å². The molecule has 1 N–H and O–H groups in total. The van der Waals surface area contributed by atoms with Crippen LogP contribution < -0.4 is 5.32 Å². The van der Waals surface area contributed by atoms with Crippen molar-refractivity contribution < 1.29 is 4.79 Å². The van der Waals surface area contributed by atoms with Crippen molar-refractivity contribution >= 4 is 17.2 Å². The molecule has 0 fully saturated rings. The number of carbonyl (C=O) groups excluding carboxylic acids is 1. The molecule has 2 aromatic rings. The van der Waals surface area contributed by atoms with Crippen LogP contribution in [0.1, 0.15) is 11.3 Å². The first-order valence-electron chi connectivity index (χ1n) is 5.11. The molecular formula is C11H13N3OS. The van der Waals surface area contributed by atoms with E-state index in [4.69, 9.17) is 0 Å². The van der Waals surface area contributed by atoms with E-state index >= 15 is 0 Å². The standard InChI is InChI=1S/C11H13N3OS/c15-11(4-7-14-6-2-5-13-14)12-9-10-3-1-8-16-10/h1-3,5-6,8H,4,7,9H2,(H,12,15). The van der Waals surface area contributed by atoms with Crippen molar-refractivity contribution in [3.63, 3.8) is 0 Å². The summed E-state index contributed by atoms with van der Waals surface area (Å²) in [4.78, 5) is 12.7. The molecule has 1 amide bonds. The van der Waals surface area contributed by atoms with E-state index in [-0.39, 0.29) is 5.91 Å². The maximum atomic E-state index is 11.5. The van der Waals surface area contributed by atoms with E-state index in [1.165, 1.54) is 4.88 Å². The van der Waals surface area contributed by atoms with Crippen molar-refractivity contribution in [3.05, 3.63) is 40.8 Å². The molecular weight excluding hydrogens is 222 g/mol. The molecule has 4 nitrogen and oxygen atoms in total. The molecule has 0 bridgehead atoms. The Morgan fingerprint density at radius 3 is 3.12 bits per heavy atom. The van der Waals surface area contributed by atoms with Gasteiger partial charge in [-0.3, -0.25) is 9.48 Å². The second kappa shape index (κ2) is 5.46. The maximum Gasteiger partial charge on any atom is 0.222 e. The molecule has 0 unspecified atom stereocenters. The van der Waals surface area contributed by atoms with Gasteiger partial charge in [-0.25, -0.2) is 0 Å². The van der Waals surface area contributed by atoms with Gasteiger partial charge in [-0.2, -0.15) is 5.10 Å². The number of nitrogens with one attached hydrogen (secondary N) is 1. The summed E-state index contributed by atoms with van der Waals surface area (Å²) in [5, 5.41) is 8.92. The molecule has 0 aliphatic heterocycles. The quantitative estimate of drug-likeness (QED) is 0.856. The smallest absolute Gasteiger partial charge is 0.222 e.